The Morgan fingerprint density at radius 1 is 1.53 bits per heavy atom. The van der Waals surface area contributed by atoms with Crippen molar-refractivity contribution in [2.45, 2.75) is 26.3 Å². The molecule has 0 bridgehead atoms. The smallest absolute Gasteiger partial charge is 0.0587 e. The molecule has 3 atom stereocenters. The summed E-state index contributed by atoms with van der Waals surface area (Å²) in [5, 5.41) is 3.41. The van der Waals surface area contributed by atoms with Gasteiger partial charge in [-0.3, -0.25) is 0 Å². The predicted molar refractivity (Wildman–Crippen MR) is 64.1 cm³/mol. The van der Waals surface area contributed by atoms with Gasteiger partial charge in [0.05, 0.1) is 6.61 Å². The number of nitrogens with one attached hydrogen (secondary N) is 1. The molecule has 15 heavy (non-hydrogen) atoms. The maximum Gasteiger partial charge on any atom is 0.0587 e. The Morgan fingerprint density at radius 3 is 2.73 bits per heavy atom. The molecule has 0 aromatic heterocycles. The van der Waals surface area contributed by atoms with Crippen LogP contribution in [0, 0.1) is 11.8 Å². The third-order valence-corrected chi connectivity index (χ3v) is 3.47. The van der Waals surface area contributed by atoms with Crippen LogP contribution in [0.25, 0.3) is 0 Å². The van der Waals surface area contributed by atoms with Gasteiger partial charge in [0, 0.05) is 32.8 Å². The van der Waals surface area contributed by atoms with E-state index in [4.69, 9.17) is 4.74 Å². The summed E-state index contributed by atoms with van der Waals surface area (Å²) in [5.74, 6) is 1.91. The fourth-order valence-electron chi connectivity index (χ4n) is 1.84. The lowest BCUT2D eigenvalue weighted by Gasteiger charge is -2.25. The van der Waals surface area contributed by atoms with E-state index in [0.29, 0.717) is 6.04 Å². The number of ether oxygens (including phenoxy) is 1. The Bertz CT molecular complexity index is 175. The molecular weight excluding hydrogens is 188 g/mol. The molecule has 3 nitrogen and oxygen atoms in total. The van der Waals surface area contributed by atoms with Crippen molar-refractivity contribution in [2.75, 3.05) is 40.4 Å². The highest BCUT2D eigenvalue weighted by atomic mass is 16.5. The van der Waals surface area contributed by atoms with E-state index in [1.165, 1.54) is 13.0 Å². The van der Waals surface area contributed by atoms with Gasteiger partial charge in [0.25, 0.3) is 0 Å². The standard InChI is InChI=1S/C12H26N2O/c1-10-7-12(10)9-14(3)11(2)8-13-5-6-15-4/h10-13H,5-9H2,1-4H3. The van der Waals surface area contributed by atoms with Gasteiger partial charge in [-0.1, -0.05) is 6.92 Å². The quantitative estimate of drug-likeness (QED) is 0.614. The maximum absolute atomic E-state index is 5.00. The van der Waals surface area contributed by atoms with Gasteiger partial charge in [0.2, 0.25) is 0 Å². The first kappa shape index (κ1) is 12.9. The minimum absolute atomic E-state index is 0.620. The first-order valence-corrected chi connectivity index (χ1v) is 6.05. The molecule has 0 heterocycles. The molecule has 1 N–H and O–H groups in total. The van der Waals surface area contributed by atoms with Gasteiger partial charge in [-0.25, -0.2) is 0 Å². The van der Waals surface area contributed by atoms with Crippen LogP contribution < -0.4 is 5.32 Å². The summed E-state index contributed by atoms with van der Waals surface area (Å²) >= 11 is 0. The Labute approximate surface area is 94.2 Å². The molecule has 0 radical (unpaired) electrons. The van der Waals surface area contributed by atoms with E-state index in [1.807, 2.05) is 0 Å². The van der Waals surface area contributed by atoms with Crippen molar-refractivity contribution in [3.05, 3.63) is 0 Å². The zero-order valence-electron chi connectivity index (χ0n) is 10.6. The van der Waals surface area contributed by atoms with E-state index in [0.717, 1.165) is 31.5 Å². The molecular formula is C12H26N2O. The molecule has 0 aromatic carbocycles. The molecule has 3 unspecified atom stereocenters. The van der Waals surface area contributed by atoms with Crippen LogP contribution in [-0.4, -0.2) is 51.3 Å². The summed E-state index contributed by atoms with van der Waals surface area (Å²) in [4.78, 5) is 2.47. The van der Waals surface area contributed by atoms with Crippen LogP contribution in [0.15, 0.2) is 0 Å². The molecule has 3 heteroatoms. The Balaban J connectivity index is 2.02. The van der Waals surface area contributed by atoms with Crippen molar-refractivity contribution in [2.24, 2.45) is 11.8 Å². The number of nitrogens with zero attached hydrogens (tertiary/aromatic N) is 1. The van der Waals surface area contributed by atoms with Gasteiger partial charge in [-0.15, -0.1) is 0 Å². The monoisotopic (exact) mass is 214 g/mol. The minimum atomic E-state index is 0.620. The zero-order chi connectivity index (χ0) is 11.3. The molecule has 1 aliphatic rings. The van der Waals surface area contributed by atoms with Gasteiger partial charge >= 0.3 is 0 Å². The highest BCUT2D eigenvalue weighted by Crippen LogP contribution is 2.38. The maximum atomic E-state index is 5.00. The van der Waals surface area contributed by atoms with Crippen molar-refractivity contribution in [1.82, 2.24) is 10.2 Å². The highest BCUT2D eigenvalue weighted by Gasteiger charge is 2.33. The zero-order valence-corrected chi connectivity index (χ0v) is 10.6. The van der Waals surface area contributed by atoms with E-state index < -0.39 is 0 Å². The number of rotatable bonds is 8. The summed E-state index contributed by atoms with van der Waals surface area (Å²) in [5.41, 5.74) is 0. The summed E-state index contributed by atoms with van der Waals surface area (Å²) in [6, 6.07) is 0.620. The van der Waals surface area contributed by atoms with Crippen molar-refractivity contribution in [3.8, 4) is 0 Å². The molecule has 0 spiro atoms. The third-order valence-electron chi connectivity index (χ3n) is 3.47. The van der Waals surface area contributed by atoms with E-state index >= 15 is 0 Å². The summed E-state index contributed by atoms with van der Waals surface area (Å²) in [7, 11) is 3.97. The van der Waals surface area contributed by atoms with Crippen LogP contribution in [0.3, 0.4) is 0 Å². The van der Waals surface area contributed by atoms with Crippen LogP contribution in [0.2, 0.25) is 0 Å². The number of hydrogen-bond donors (Lipinski definition) is 1. The van der Waals surface area contributed by atoms with Crippen molar-refractivity contribution >= 4 is 0 Å². The van der Waals surface area contributed by atoms with Gasteiger partial charge in [-0.2, -0.15) is 0 Å². The number of methoxy groups -OCH3 is 1. The van der Waals surface area contributed by atoms with Gasteiger partial charge in [0.15, 0.2) is 0 Å². The Hall–Kier alpha value is -0.120. The number of likely N-dealkylation sites (N-methyl/N-ethyl adjacent to an activating group) is 1. The Kier molecular flexibility index (Phi) is 5.58. The molecule has 1 saturated carbocycles. The highest BCUT2D eigenvalue weighted by molar-refractivity contribution is 4.85. The molecule has 1 aliphatic carbocycles. The molecule has 1 fully saturated rings. The minimum Gasteiger partial charge on any atom is -0.383 e. The van der Waals surface area contributed by atoms with Crippen LogP contribution in [0.1, 0.15) is 20.3 Å². The summed E-state index contributed by atoms with van der Waals surface area (Å²) < 4.78 is 5.00. The second kappa shape index (κ2) is 6.46. The van der Waals surface area contributed by atoms with Crippen LogP contribution in [0.5, 0.6) is 0 Å². The normalized spacial score (nSPS) is 27.0. The van der Waals surface area contributed by atoms with Gasteiger partial charge in [0.1, 0.15) is 0 Å². The largest absolute Gasteiger partial charge is 0.383 e. The van der Waals surface area contributed by atoms with Crippen molar-refractivity contribution in [3.63, 3.8) is 0 Å². The lowest BCUT2D eigenvalue weighted by molar-refractivity contribution is 0.190. The first-order chi connectivity index (χ1) is 7.15. The second-order valence-corrected chi connectivity index (χ2v) is 4.96. The Morgan fingerprint density at radius 2 is 2.20 bits per heavy atom. The fraction of sp³-hybridized carbons (Fsp3) is 1.00. The first-order valence-electron chi connectivity index (χ1n) is 6.05. The van der Waals surface area contributed by atoms with E-state index in [2.05, 4.69) is 31.1 Å². The predicted octanol–water partition coefficient (Wildman–Crippen LogP) is 1.20. The van der Waals surface area contributed by atoms with E-state index in [-0.39, 0.29) is 0 Å². The van der Waals surface area contributed by atoms with Crippen molar-refractivity contribution < 1.29 is 4.74 Å². The van der Waals surface area contributed by atoms with E-state index in [1.54, 1.807) is 7.11 Å². The van der Waals surface area contributed by atoms with Crippen LogP contribution in [0.4, 0.5) is 0 Å². The molecule has 90 valence electrons. The molecule has 1 rings (SSSR count). The topological polar surface area (TPSA) is 24.5 Å². The molecule has 0 aromatic rings. The lowest BCUT2D eigenvalue weighted by atomic mass is 10.2. The fourth-order valence-corrected chi connectivity index (χ4v) is 1.84. The van der Waals surface area contributed by atoms with Gasteiger partial charge < -0.3 is 15.0 Å². The van der Waals surface area contributed by atoms with Crippen molar-refractivity contribution in [1.29, 1.82) is 0 Å². The molecule has 0 saturated heterocycles. The third kappa shape index (κ3) is 4.96. The lowest BCUT2D eigenvalue weighted by Crippen LogP contribution is -2.39. The molecule has 0 aliphatic heterocycles. The number of hydrogen-bond acceptors (Lipinski definition) is 3. The second-order valence-electron chi connectivity index (χ2n) is 4.96. The van der Waals surface area contributed by atoms with Crippen LogP contribution >= 0.6 is 0 Å². The molecule has 0 amide bonds. The SMILES string of the molecule is COCCNCC(C)N(C)CC1CC1C. The van der Waals surface area contributed by atoms with Crippen LogP contribution in [-0.2, 0) is 4.74 Å². The van der Waals surface area contributed by atoms with E-state index in [9.17, 15) is 0 Å². The summed E-state index contributed by atoms with van der Waals surface area (Å²) in [6.45, 7) is 8.70. The summed E-state index contributed by atoms with van der Waals surface area (Å²) in [6.07, 6.45) is 1.42. The van der Waals surface area contributed by atoms with Gasteiger partial charge in [-0.05, 0) is 32.2 Å². The average molecular weight is 214 g/mol. The average Bonchev–Trinajstić information content (AvgIpc) is 2.88.